The molecule has 200 valence electrons. The number of aliphatic hydroxyl groups excluding tert-OH is 1. The summed E-state index contributed by atoms with van der Waals surface area (Å²) < 4.78 is 15.8. The lowest BCUT2D eigenvalue weighted by molar-refractivity contribution is -0.00177. The molecule has 2 atom stereocenters. The largest absolute Gasteiger partial charge is 0.394 e. The van der Waals surface area contributed by atoms with Gasteiger partial charge in [0.1, 0.15) is 17.7 Å². The highest BCUT2D eigenvalue weighted by Crippen LogP contribution is 2.31. The summed E-state index contributed by atoms with van der Waals surface area (Å²) in [4.78, 5) is 21.8. The highest BCUT2D eigenvalue weighted by Gasteiger charge is 2.28. The predicted octanol–water partition coefficient (Wildman–Crippen LogP) is 3.02. The average molecular weight is 514 g/mol. The van der Waals surface area contributed by atoms with E-state index in [0.29, 0.717) is 34.5 Å². The van der Waals surface area contributed by atoms with Crippen molar-refractivity contribution in [2.75, 3.05) is 23.8 Å². The molecule has 3 heterocycles. The number of fused-ring (bicyclic) bond motifs is 1. The van der Waals surface area contributed by atoms with Crippen molar-refractivity contribution in [2.24, 2.45) is 5.92 Å². The number of hydrogen-bond donors (Lipinski definition) is 5. The lowest BCUT2D eigenvalue weighted by Gasteiger charge is -2.33. The van der Waals surface area contributed by atoms with Crippen molar-refractivity contribution >= 4 is 23.1 Å². The third kappa shape index (κ3) is 6.16. The second kappa shape index (κ2) is 11.0. The van der Waals surface area contributed by atoms with Crippen molar-refractivity contribution in [2.45, 2.75) is 70.8 Å². The Bertz CT molecular complexity index is 1240. The number of hydrogen-bond acceptors (Lipinski definition) is 8. The lowest BCUT2D eigenvalue weighted by atomic mass is 9.80. The standard InChI is InChI=1S/C26H36FN7O3/c1-15(2)31-18-10-19(28-11-17(18)25(36)30-13-22(27)26(3,4)37)21-12-29-24-9-8-23(33-34(21)24)32-20(14-35)16-6-5-7-16/h8-12,15-16,20,22,35,37H,5-7,13-14H2,1-4H3,(H,28,31)(H,30,36)(H,32,33)/t20?,22-/m1/s1. The van der Waals surface area contributed by atoms with Crippen LogP contribution in [-0.2, 0) is 0 Å². The average Bonchev–Trinajstić information content (AvgIpc) is 3.23. The Morgan fingerprint density at radius 1 is 1.22 bits per heavy atom. The number of amides is 1. The first kappa shape index (κ1) is 26.7. The summed E-state index contributed by atoms with van der Waals surface area (Å²) in [5.74, 6) is 0.565. The first-order valence-electron chi connectivity index (χ1n) is 12.7. The minimum atomic E-state index is -1.62. The molecule has 5 N–H and O–H groups in total. The number of nitrogens with zero attached hydrogens (tertiary/aromatic N) is 4. The van der Waals surface area contributed by atoms with Crippen LogP contribution in [0.15, 0.2) is 30.6 Å². The molecule has 1 aliphatic carbocycles. The molecule has 1 saturated carbocycles. The van der Waals surface area contributed by atoms with E-state index in [2.05, 4.69) is 31.0 Å². The molecule has 0 aromatic carbocycles. The van der Waals surface area contributed by atoms with E-state index < -0.39 is 17.7 Å². The fraction of sp³-hybridized carbons (Fsp3) is 0.538. The Labute approximate surface area is 215 Å². The third-order valence-corrected chi connectivity index (χ3v) is 6.67. The molecule has 0 spiro atoms. The van der Waals surface area contributed by atoms with E-state index in [4.69, 9.17) is 0 Å². The molecule has 1 unspecified atom stereocenters. The zero-order valence-electron chi connectivity index (χ0n) is 21.7. The number of nitrogens with one attached hydrogen (secondary N) is 3. The predicted molar refractivity (Wildman–Crippen MR) is 140 cm³/mol. The second-order valence-corrected chi connectivity index (χ2v) is 10.5. The number of pyridine rings is 1. The normalized spacial score (nSPS) is 15.9. The lowest BCUT2D eigenvalue weighted by Crippen LogP contribution is -2.42. The zero-order valence-corrected chi connectivity index (χ0v) is 21.7. The Morgan fingerprint density at radius 2 is 1.97 bits per heavy atom. The Balaban J connectivity index is 1.61. The first-order valence-corrected chi connectivity index (χ1v) is 12.7. The quantitative estimate of drug-likeness (QED) is 0.264. The van der Waals surface area contributed by atoms with Crippen LogP contribution in [0.25, 0.3) is 17.0 Å². The minimum Gasteiger partial charge on any atom is -0.394 e. The van der Waals surface area contributed by atoms with Crippen LogP contribution < -0.4 is 16.0 Å². The van der Waals surface area contributed by atoms with Crippen molar-refractivity contribution in [3.8, 4) is 11.4 Å². The van der Waals surface area contributed by atoms with Gasteiger partial charge in [-0.2, -0.15) is 0 Å². The fourth-order valence-electron chi connectivity index (χ4n) is 4.20. The first-order chi connectivity index (χ1) is 17.6. The van der Waals surface area contributed by atoms with Crippen LogP contribution >= 0.6 is 0 Å². The van der Waals surface area contributed by atoms with E-state index in [1.807, 2.05) is 26.0 Å². The molecule has 0 aliphatic heterocycles. The van der Waals surface area contributed by atoms with E-state index >= 15 is 0 Å². The van der Waals surface area contributed by atoms with Gasteiger partial charge in [-0.1, -0.05) is 6.42 Å². The number of aromatic nitrogens is 4. The summed E-state index contributed by atoms with van der Waals surface area (Å²) in [7, 11) is 0. The van der Waals surface area contributed by atoms with Crippen molar-refractivity contribution in [3.05, 3.63) is 36.2 Å². The number of anilines is 2. The number of imidazole rings is 1. The van der Waals surface area contributed by atoms with Crippen LogP contribution in [0, 0.1) is 5.92 Å². The summed E-state index contributed by atoms with van der Waals surface area (Å²) >= 11 is 0. The number of carbonyl (C=O) groups is 1. The zero-order chi connectivity index (χ0) is 26.7. The number of carbonyl (C=O) groups excluding carboxylic acids is 1. The maximum Gasteiger partial charge on any atom is 0.255 e. The molecule has 37 heavy (non-hydrogen) atoms. The molecular formula is C26H36FN7O3. The van der Waals surface area contributed by atoms with Crippen LogP contribution in [-0.4, -0.2) is 72.7 Å². The molecule has 11 heteroatoms. The number of alkyl halides is 1. The molecule has 1 amide bonds. The summed E-state index contributed by atoms with van der Waals surface area (Å²) in [6.45, 7) is 6.31. The van der Waals surface area contributed by atoms with Gasteiger partial charge >= 0.3 is 0 Å². The van der Waals surface area contributed by atoms with E-state index in [-0.39, 0.29) is 30.8 Å². The molecule has 10 nitrogen and oxygen atoms in total. The Hall–Kier alpha value is -3.31. The summed E-state index contributed by atoms with van der Waals surface area (Å²) in [6, 6.07) is 5.40. The van der Waals surface area contributed by atoms with Gasteiger partial charge in [-0.15, -0.1) is 5.10 Å². The molecule has 4 rings (SSSR count). The Kier molecular flexibility index (Phi) is 7.93. The van der Waals surface area contributed by atoms with Gasteiger partial charge in [-0.05, 0) is 64.7 Å². The second-order valence-electron chi connectivity index (χ2n) is 10.5. The molecule has 0 bridgehead atoms. The van der Waals surface area contributed by atoms with E-state index in [1.54, 1.807) is 16.8 Å². The molecular weight excluding hydrogens is 477 g/mol. The third-order valence-electron chi connectivity index (χ3n) is 6.67. The molecule has 0 saturated heterocycles. The van der Waals surface area contributed by atoms with Crippen molar-refractivity contribution in [1.82, 2.24) is 24.9 Å². The number of rotatable bonds is 11. The smallest absolute Gasteiger partial charge is 0.255 e. The van der Waals surface area contributed by atoms with Crippen molar-refractivity contribution < 1.29 is 19.4 Å². The van der Waals surface area contributed by atoms with Crippen molar-refractivity contribution in [1.29, 1.82) is 0 Å². The molecule has 0 radical (unpaired) electrons. The Morgan fingerprint density at radius 3 is 2.59 bits per heavy atom. The van der Waals surface area contributed by atoms with Gasteiger partial charge in [-0.25, -0.2) is 13.9 Å². The van der Waals surface area contributed by atoms with Crippen LogP contribution in [0.2, 0.25) is 0 Å². The maximum atomic E-state index is 14.2. The minimum absolute atomic E-state index is 0.0186. The number of halogens is 1. The van der Waals surface area contributed by atoms with Gasteiger partial charge in [0.2, 0.25) is 0 Å². The number of aliphatic hydroxyl groups is 2. The SMILES string of the molecule is CC(C)Nc1cc(-c2cnc3ccc(NC(CO)C4CCC4)nn23)ncc1C(=O)NC[C@@H](F)C(C)(C)O. The van der Waals surface area contributed by atoms with Crippen LogP contribution in [0.3, 0.4) is 0 Å². The fourth-order valence-corrected chi connectivity index (χ4v) is 4.20. The summed E-state index contributed by atoms with van der Waals surface area (Å²) in [6.07, 6.45) is 4.85. The van der Waals surface area contributed by atoms with Gasteiger partial charge in [0.05, 0.1) is 47.9 Å². The van der Waals surface area contributed by atoms with Crippen LogP contribution in [0.4, 0.5) is 15.9 Å². The molecule has 1 aliphatic rings. The summed E-state index contributed by atoms with van der Waals surface area (Å²) in [5.41, 5.74) is 1.04. The molecule has 3 aromatic heterocycles. The van der Waals surface area contributed by atoms with Gasteiger partial charge in [0, 0.05) is 12.2 Å². The van der Waals surface area contributed by atoms with Crippen LogP contribution in [0.5, 0.6) is 0 Å². The highest BCUT2D eigenvalue weighted by atomic mass is 19.1. The highest BCUT2D eigenvalue weighted by molar-refractivity contribution is 6.00. The van der Waals surface area contributed by atoms with E-state index in [1.165, 1.54) is 26.5 Å². The van der Waals surface area contributed by atoms with Gasteiger partial charge in [0.25, 0.3) is 5.91 Å². The monoisotopic (exact) mass is 513 g/mol. The maximum absolute atomic E-state index is 14.2. The molecule has 3 aromatic rings. The van der Waals surface area contributed by atoms with Gasteiger partial charge in [-0.3, -0.25) is 9.78 Å². The molecule has 1 fully saturated rings. The topological polar surface area (TPSA) is 137 Å². The van der Waals surface area contributed by atoms with Gasteiger partial charge in [0.15, 0.2) is 5.65 Å². The summed E-state index contributed by atoms with van der Waals surface area (Å²) in [5, 5.41) is 33.5. The van der Waals surface area contributed by atoms with Crippen molar-refractivity contribution in [3.63, 3.8) is 0 Å². The van der Waals surface area contributed by atoms with Gasteiger partial charge < -0.3 is 26.2 Å². The van der Waals surface area contributed by atoms with Crippen LogP contribution in [0.1, 0.15) is 57.3 Å². The van der Waals surface area contributed by atoms with E-state index in [9.17, 15) is 19.4 Å². The van der Waals surface area contributed by atoms with E-state index in [0.717, 1.165) is 12.8 Å².